The first-order chi connectivity index (χ1) is 12.0. The molecule has 1 aromatic rings. The van der Waals surface area contributed by atoms with E-state index in [1.54, 1.807) is 0 Å². The maximum atomic E-state index is 12.4. The minimum absolute atomic E-state index is 0.0715. The summed E-state index contributed by atoms with van der Waals surface area (Å²) in [4.78, 5) is 27.8. The van der Waals surface area contributed by atoms with Crippen molar-refractivity contribution in [2.45, 2.75) is 44.8 Å². The Morgan fingerprint density at radius 3 is 2.44 bits per heavy atom. The zero-order chi connectivity index (χ0) is 17.9. The molecular weight excluding hydrogens is 318 g/mol. The van der Waals surface area contributed by atoms with Crippen molar-refractivity contribution in [3.63, 3.8) is 0 Å². The summed E-state index contributed by atoms with van der Waals surface area (Å²) in [6.07, 6.45) is 3.51. The SMILES string of the molecule is CC(=O)N1CCC[C@](O)(C(=O)NCc2ccc(N3CCCC3)cc2)C1. The highest BCUT2D eigenvalue weighted by atomic mass is 16.3. The van der Waals surface area contributed by atoms with Gasteiger partial charge < -0.3 is 20.2 Å². The average Bonchev–Trinajstić information content (AvgIpc) is 3.14. The first-order valence-electron chi connectivity index (χ1n) is 9.08. The summed E-state index contributed by atoms with van der Waals surface area (Å²) in [5.74, 6) is -0.509. The third kappa shape index (κ3) is 4.12. The average molecular weight is 345 g/mol. The van der Waals surface area contributed by atoms with Crippen LogP contribution in [0.1, 0.15) is 38.2 Å². The van der Waals surface area contributed by atoms with Crippen LogP contribution >= 0.6 is 0 Å². The van der Waals surface area contributed by atoms with E-state index in [2.05, 4.69) is 22.3 Å². The van der Waals surface area contributed by atoms with E-state index in [-0.39, 0.29) is 12.5 Å². The molecular formula is C19H27N3O3. The number of nitrogens with one attached hydrogen (secondary N) is 1. The van der Waals surface area contributed by atoms with E-state index in [9.17, 15) is 14.7 Å². The van der Waals surface area contributed by atoms with Gasteiger partial charge in [-0.05, 0) is 43.4 Å². The summed E-state index contributed by atoms with van der Waals surface area (Å²) in [7, 11) is 0. The summed E-state index contributed by atoms with van der Waals surface area (Å²) >= 11 is 0. The van der Waals surface area contributed by atoms with Gasteiger partial charge in [-0.2, -0.15) is 0 Å². The van der Waals surface area contributed by atoms with E-state index in [0.717, 1.165) is 18.7 Å². The Labute approximate surface area is 148 Å². The Kier molecular flexibility index (Phi) is 5.27. The Morgan fingerprint density at radius 1 is 1.12 bits per heavy atom. The monoisotopic (exact) mass is 345 g/mol. The van der Waals surface area contributed by atoms with Crippen molar-refractivity contribution in [3.05, 3.63) is 29.8 Å². The number of rotatable bonds is 4. The lowest BCUT2D eigenvalue weighted by Gasteiger charge is -2.37. The van der Waals surface area contributed by atoms with Gasteiger partial charge in [-0.15, -0.1) is 0 Å². The van der Waals surface area contributed by atoms with Gasteiger partial charge >= 0.3 is 0 Å². The number of aliphatic hydroxyl groups is 1. The second-order valence-corrected chi connectivity index (χ2v) is 7.12. The van der Waals surface area contributed by atoms with Crippen molar-refractivity contribution < 1.29 is 14.7 Å². The predicted molar refractivity (Wildman–Crippen MR) is 96.2 cm³/mol. The van der Waals surface area contributed by atoms with Crippen LogP contribution in [0.15, 0.2) is 24.3 Å². The van der Waals surface area contributed by atoms with Crippen LogP contribution in [-0.4, -0.2) is 53.6 Å². The molecule has 2 fully saturated rings. The van der Waals surface area contributed by atoms with Crippen LogP contribution in [0.5, 0.6) is 0 Å². The molecule has 2 saturated heterocycles. The highest BCUT2D eigenvalue weighted by Crippen LogP contribution is 2.23. The molecule has 2 aliphatic rings. The summed E-state index contributed by atoms with van der Waals surface area (Å²) in [5.41, 5.74) is 0.731. The highest BCUT2D eigenvalue weighted by Gasteiger charge is 2.40. The number of β-amino-alcohol motifs (C(OH)–C–C–N with tert-alkyl or cyclic N) is 1. The summed E-state index contributed by atoms with van der Waals surface area (Å²) in [6.45, 7) is 4.73. The molecule has 6 heteroatoms. The Balaban J connectivity index is 1.55. The van der Waals surface area contributed by atoms with Gasteiger partial charge in [0.2, 0.25) is 5.91 Å². The fourth-order valence-electron chi connectivity index (χ4n) is 3.64. The molecule has 2 aliphatic heterocycles. The molecule has 0 bridgehead atoms. The lowest BCUT2D eigenvalue weighted by molar-refractivity contribution is -0.150. The maximum Gasteiger partial charge on any atom is 0.254 e. The van der Waals surface area contributed by atoms with Crippen LogP contribution in [0, 0.1) is 0 Å². The zero-order valence-electron chi connectivity index (χ0n) is 14.8. The van der Waals surface area contributed by atoms with Crippen molar-refractivity contribution in [1.82, 2.24) is 10.2 Å². The fraction of sp³-hybridized carbons (Fsp3) is 0.579. The third-order valence-electron chi connectivity index (χ3n) is 5.20. The van der Waals surface area contributed by atoms with Crippen molar-refractivity contribution >= 4 is 17.5 Å². The molecule has 2 heterocycles. The van der Waals surface area contributed by atoms with Crippen molar-refractivity contribution in [3.8, 4) is 0 Å². The molecule has 6 nitrogen and oxygen atoms in total. The van der Waals surface area contributed by atoms with E-state index in [4.69, 9.17) is 0 Å². The van der Waals surface area contributed by atoms with E-state index in [0.29, 0.717) is 25.9 Å². The number of nitrogens with zero attached hydrogens (tertiary/aromatic N) is 2. The number of amides is 2. The number of hydrogen-bond donors (Lipinski definition) is 2. The lowest BCUT2D eigenvalue weighted by atomic mass is 9.91. The van der Waals surface area contributed by atoms with Gasteiger partial charge in [-0.3, -0.25) is 9.59 Å². The Morgan fingerprint density at radius 2 is 1.80 bits per heavy atom. The van der Waals surface area contributed by atoms with Gasteiger partial charge in [0.25, 0.3) is 5.91 Å². The summed E-state index contributed by atoms with van der Waals surface area (Å²) in [5, 5.41) is 13.4. The van der Waals surface area contributed by atoms with Crippen LogP contribution in [0.3, 0.4) is 0 Å². The highest BCUT2D eigenvalue weighted by molar-refractivity contribution is 5.86. The van der Waals surface area contributed by atoms with Gasteiger partial charge in [-0.25, -0.2) is 0 Å². The van der Waals surface area contributed by atoms with Crippen LogP contribution in [0.25, 0.3) is 0 Å². The molecule has 0 aromatic heterocycles. The van der Waals surface area contributed by atoms with Gasteiger partial charge in [0.15, 0.2) is 5.60 Å². The van der Waals surface area contributed by atoms with Crippen LogP contribution in [0.2, 0.25) is 0 Å². The number of carbonyl (C=O) groups excluding carboxylic acids is 2. The lowest BCUT2D eigenvalue weighted by Crippen LogP contribution is -2.57. The molecule has 1 aromatic carbocycles. The van der Waals surface area contributed by atoms with Crippen molar-refractivity contribution in [1.29, 1.82) is 0 Å². The zero-order valence-corrected chi connectivity index (χ0v) is 14.8. The molecule has 2 N–H and O–H groups in total. The molecule has 0 radical (unpaired) electrons. The van der Waals surface area contributed by atoms with Crippen molar-refractivity contribution in [2.24, 2.45) is 0 Å². The summed E-state index contributed by atoms with van der Waals surface area (Å²) < 4.78 is 0. The first-order valence-corrected chi connectivity index (χ1v) is 9.08. The van der Waals surface area contributed by atoms with E-state index in [1.807, 2.05) is 12.1 Å². The van der Waals surface area contributed by atoms with E-state index < -0.39 is 11.5 Å². The molecule has 2 amide bonds. The smallest absolute Gasteiger partial charge is 0.254 e. The summed E-state index contributed by atoms with van der Waals surface area (Å²) in [6, 6.07) is 8.20. The predicted octanol–water partition coefficient (Wildman–Crippen LogP) is 1.28. The Hall–Kier alpha value is -2.08. The first kappa shape index (κ1) is 17.7. The number of piperidine rings is 1. The van der Waals surface area contributed by atoms with E-state index >= 15 is 0 Å². The molecule has 3 rings (SSSR count). The topological polar surface area (TPSA) is 72.9 Å². The second-order valence-electron chi connectivity index (χ2n) is 7.12. The normalized spacial score (nSPS) is 23.6. The van der Waals surface area contributed by atoms with Crippen molar-refractivity contribution in [2.75, 3.05) is 31.1 Å². The molecule has 136 valence electrons. The third-order valence-corrected chi connectivity index (χ3v) is 5.20. The quantitative estimate of drug-likeness (QED) is 0.862. The number of benzene rings is 1. The van der Waals surface area contributed by atoms with Gasteiger partial charge in [0.05, 0.1) is 6.54 Å². The molecule has 0 spiro atoms. The van der Waals surface area contributed by atoms with Crippen LogP contribution in [0.4, 0.5) is 5.69 Å². The van der Waals surface area contributed by atoms with Gasteiger partial charge in [0, 0.05) is 38.8 Å². The molecule has 0 aliphatic carbocycles. The van der Waals surface area contributed by atoms with E-state index in [1.165, 1.54) is 30.4 Å². The Bertz CT molecular complexity index is 625. The number of likely N-dealkylation sites (tertiary alicyclic amines) is 1. The number of anilines is 1. The molecule has 1 atom stereocenters. The molecule has 25 heavy (non-hydrogen) atoms. The standard InChI is InChI=1S/C19H27N3O3/c1-15(23)22-12-4-9-19(25,14-22)18(24)20-13-16-5-7-17(8-6-16)21-10-2-3-11-21/h5-8,25H,2-4,9-14H2,1H3,(H,20,24)/t19-/m1/s1. The van der Waals surface area contributed by atoms with Crippen LogP contribution in [-0.2, 0) is 16.1 Å². The molecule has 0 saturated carbocycles. The van der Waals surface area contributed by atoms with Gasteiger partial charge in [0.1, 0.15) is 0 Å². The minimum Gasteiger partial charge on any atom is -0.378 e. The largest absolute Gasteiger partial charge is 0.378 e. The van der Waals surface area contributed by atoms with Crippen LogP contribution < -0.4 is 10.2 Å². The minimum atomic E-state index is -1.49. The number of hydrogen-bond acceptors (Lipinski definition) is 4. The van der Waals surface area contributed by atoms with Gasteiger partial charge in [-0.1, -0.05) is 12.1 Å². The number of carbonyl (C=O) groups is 2. The molecule has 0 unspecified atom stereocenters. The fourth-order valence-corrected chi connectivity index (χ4v) is 3.64. The maximum absolute atomic E-state index is 12.4. The second kappa shape index (κ2) is 7.44.